The topological polar surface area (TPSA) is 56.7 Å². The van der Waals surface area contributed by atoms with E-state index in [-0.39, 0.29) is 35.9 Å². The van der Waals surface area contributed by atoms with Crippen LogP contribution in [-0.4, -0.2) is 61.5 Å². The minimum atomic E-state index is 0. The van der Waals surface area contributed by atoms with Crippen LogP contribution in [0.3, 0.4) is 0 Å². The molecule has 5 nitrogen and oxygen atoms in total. The number of thioether (sulfide) groups is 1. The summed E-state index contributed by atoms with van der Waals surface area (Å²) in [5.41, 5.74) is 0. The van der Waals surface area contributed by atoms with Crippen LogP contribution in [0.5, 0.6) is 0 Å². The summed E-state index contributed by atoms with van der Waals surface area (Å²) in [4.78, 5) is 17.3. The van der Waals surface area contributed by atoms with E-state index >= 15 is 0 Å². The minimum absolute atomic E-state index is 0. The van der Waals surface area contributed by atoms with Gasteiger partial charge < -0.3 is 15.5 Å². The lowest BCUT2D eigenvalue weighted by Crippen LogP contribution is -2.51. The first-order valence-electron chi connectivity index (χ1n) is 6.39. The van der Waals surface area contributed by atoms with Crippen LogP contribution >= 0.6 is 35.7 Å². The van der Waals surface area contributed by atoms with Gasteiger partial charge in [0, 0.05) is 45.4 Å². The van der Waals surface area contributed by atoms with Crippen molar-refractivity contribution in [2.24, 2.45) is 4.99 Å². The van der Waals surface area contributed by atoms with Crippen LogP contribution in [0.25, 0.3) is 0 Å². The van der Waals surface area contributed by atoms with Gasteiger partial charge in [-0.05, 0) is 6.42 Å². The third-order valence-corrected chi connectivity index (χ3v) is 3.78. The third kappa shape index (κ3) is 7.24. The molecule has 1 atom stereocenters. The second-order valence-electron chi connectivity index (χ2n) is 4.41. The third-order valence-electron chi connectivity index (χ3n) is 2.92. The SMILES string of the molecule is C#CCSCCNC(=NC)NC1CCC(=O)N(C)C1.I. The molecule has 0 spiro atoms. The number of carbonyl (C=O) groups excluding carboxylic acids is 1. The van der Waals surface area contributed by atoms with Crippen molar-refractivity contribution in [1.29, 1.82) is 0 Å². The predicted molar refractivity (Wildman–Crippen MR) is 96.7 cm³/mol. The fourth-order valence-electron chi connectivity index (χ4n) is 1.89. The van der Waals surface area contributed by atoms with E-state index in [0.29, 0.717) is 6.42 Å². The molecule has 1 heterocycles. The average molecular weight is 410 g/mol. The highest BCUT2D eigenvalue weighted by Crippen LogP contribution is 2.09. The predicted octanol–water partition coefficient (Wildman–Crippen LogP) is 0.757. The normalized spacial score (nSPS) is 19.1. The summed E-state index contributed by atoms with van der Waals surface area (Å²) in [7, 11) is 3.59. The van der Waals surface area contributed by atoms with Gasteiger partial charge in [0.2, 0.25) is 5.91 Å². The molecule has 7 heteroatoms. The van der Waals surface area contributed by atoms with Crippen LogP contribution < -0.4 is 10.6 Å². The molecule has 20 heavy (non-hydrogen) atoms. The zero-order valence-corrected chi connectivity index (χ0v) is 15.2. The number of aliphatic imine (C=N–C) groups is 1. The molecule has 1 saturated heterocycles. The summed E-state index contributed by atoms with van der Waals surface area (Å²) in [6, 6.07) is 0.271. The van der Waals surface area contributed by atoms with E-state index in [2.05, 4.69) is 21.5 Å². The Morgan fingerprint density at radius 1 is 1.65 bits per heavy atom. The van der Waals surface area contributed by atoms with Crippen LogP contribution in [0.15, 0.2) is 4.99 Å². The Kier molecular flexibility index (Phi) is 10.7. The van der Waals surface area contributed by atoms with Gasteiger partial charge in [-0.15, -0.1) is 42.2 Å². The fourth-order valence-corrected chi connectivity index (χ4v) is 2.40. The zero-order chi connectivity index (χ0) is 14.1. The first-order chi connectivity index (χ1) is 9.17. The molecule has 2 N–H and O–H groups in total. The number of likely N-dealkylation sites (N-methyl/N-ethyl adjacent to an activating group) is 1. The number of halogens is 1. The van der Waals surface area contributed by atoms with Gasteiger partial charge in [-0.25, -0.2) is 0 Å². The van der Waals surface area contributed by atoms with Crippen LogP contribution in [0.2, 0.25) is 0 Å². The van der Waals surface area contributed by atoms with E-state index in [0.717, 1.165) is 37.0 Å². The molecule has 0 radical (unpaired) electrons. The number of hydrogen-bond acceptors (Lipinski definition) is 3. The smallest absolute Gasteiger partial charge is 0.222 e. The van der Waals surface area contributed by atoms with Gasteiger partial charge in [0.25, 0.3) is 0 Å². The summed E-state index contributed by atoms with van der Waals surface area (Å²) in [6.07, 6.45) is 6.64. The van der Waals surface area contributed by atoms with Gasteiger partial charge in [-0.3, -0.25) is 9.79 Å². The number of nitrogens with one attached hydrogen (secondary N) is 2. The van der Waals surface area contributed by atoms with Crippen molar-refractivity contribution in [3.05, 3.63) is 0 Å². The monoisotopic (exact) mass is 410 g/mol. The molecule has 0 aromatic rings. The van der Waals surface area contributed by atoms with E-state index in [1.807, 2.05) is 7.05 Å². The van der Waals surface area contributed by atoms with Gasteiger partial charge in [0.1, 0.15) is 0 Å². The largest absolute Gasteiger partial charge is 0.356 e. The van der Waals surface area contributed by atoms with Gasteiger partial charge >= 0.3 is 0 Å². The molecule has 1 rings (SSSR count). The maximum absolute atomic E-state index is 11.4. The van der Waals surface area contributed by atoms with Crippen molar-refractivity contribution in [2.45, 2.75) is 18.9 Å². The molecule has 1 amide bonds. The number of piperidine rings is 1. The number of guanidine groups is 1. The van der Waals surface area contributed by atoms with Gasteiger partial charge in [-0.1, -0.05) is 5.92 Å². The van der Waals surface area contributed by atoms with Crippen LogP contribution in [-0.2, 0) is 4.79 Å². The lowest BCUT2D eigenvalue weighted by atomic mass is 10.1. The van der Waals surface area contributed by atoms with E-state index < -0.39 is 0 Å². The Labute approximate surface area is 142 Å². The van der Waals surface area contributed by atoms with Gasteiger partial charge in [0.05, 0.1) is 5.75 Å². The molecular weight excluding hydrogens is 387 g/mol. The highest BCUT2D eigenvalue weighted by atomic mass is 127. The average Bonchev–Trinajstić information content (AvgIpc) is 2.41. The molecule has 1 aliphatic heterocycles. The zero-order valence-electron chi connectivity index (χ0n) is 12.0. The Bertz CT molecular complexity index is 370. The molecule has 0 aromatic carbocycles. The molecule has 1 unspecified atom stereocenters. The van der Waals surface area contributed by atoms with E-state index in [4.69, 9.17) is 6.42 Å². The summed E-state index contributed by atoms with van der Waals surface area (Å²) in [5.74, 6) is 5.29. The van der Waals surface area contributed by atoms with Crippen molar-refractivity contribution in [1.82, 2.24) is 15.5 Å². The lowest BCUT2D eigenvalue weighted by molar-refractivity contribution is -0.132. The Morgan fingerprint density at radius 3 is 3.00 bits per heavy atom. The minimum Gasteiger partial charge on any atom is -0.356 e. The van der Waals surface area contributed by atoms with Crippen LogP contribution in [0.4, 0.5) is 0 Å². The van der Waals surface area contributed by atoms with E-state index in [9.17, 15) is 4.79 Å². The van der Waals surface area contributed by atoms with Crippen molar-refractivity contribution in [2.75, 3.05) is 38.7 Å². The summed E-state index contributed by atoms with van der Waals surface area (Å²) < 4.78 is 0. The Hall–Kier alpha value is -0.620. The lowest BCUT2D eigenvalue weighted by Gasteiger charge is -2.31. The number of hydrogen-bond donors (Lipinski definition) is 2. The molecule has 1 aliphatic rings. The van der Waals surface area contributed by atoms with Crippen molar-refractivity contribution >= 4 is 47.6 Å². The number of rotatable bonds is 5. The van der Waals surface area contributed by atoms with E-state index in [1.54, 1.807) is 23.7 Å². The van der Waals surface area contributed by atoms with Crippen LogP contribution in [0.1, 0.15) is 12.8 Å². The first kappa shape index (κ1) is 19.4. The molecule has 0 aromatic heterocycles. The molecular formula is C13H23IN4OS. The standard InChI is InChI=1S/C13H22N4OS.HI/c1-4-8-19-9-7-15-13(14-2)16-11-5-6-12(18)17(3)10-11;/h1,11H,5-10H2,2-3H3,(H2,14,15,16);1H. The summed E-state index contributed by atoms with van der Waals surface area (Å²) in [6.45, 7) is 1.55. The molecule has 114 valence electrons. The first-order valence-corrected chi connectivity index (χ1v) is 7.55. The molecule has 0 bridgehead atoms. The molecule has 0 saturated carbocycles. The maximum atomic E-state index is 11.4. The van der Waals surface area contributed by atoms with Crippen molar-refractivity contribution < 1.29 is 4.79 Å². The highest BCUT2D eigenvalue weighted by molar-refractivity contribution is 14.0. The quantitative estimate of drug-likeness (QED) is 0.231. The second-order valence-corrected chi connectivity index (χ2v) is 5.52. The molecule has 0 aliphatic carbocycles. The highest BCUT2D eigenvalue weighted by Gasteiger charge is 2.23. The molecule has 1 fully saturated rings. The van der Waals surface area contributed by atoms with Crippen molar-refractivity contribution in [3.63, 3.8) is 0 Å². The number of carbonyl (C=O) groups is 1. The maximum Gasteiger partial charge on any atom is 0.222 e. The number of likely N-dealkylation sites (tertiary alicyclic amines) is 1. The number of amides is 1. The fraction of sp³-hybridized carbons (Fsp3) is 0.692. The summed E-state index contributed by atoms with van der Waals surface area (Å²) in [5, 5.41) is 6.59. The van der Waals surface area contributed by atoms with Gasteiger partial charge in [0.15, 0.2) is 5.96 Å². The number of terminal acetylenes is 1. The number of nitrogens with zero attached hydrogens (tertiary/aromatic N) is 2. The second kappa shape index (κ2) is 11.1. The summed E-state index contributed by atoms with van der Waals surface area (Å²) >= 11 is 1.72. The van der Waals surface area contributed by atoms with Crippen LogP contribution in [0, 0.1) is 12.3 Å². The van der Waals surface area contributed by atoms with Gasteiger partial charge in [-0.2, -0.15) is 0 Å². The Morgan fingerprint density at radius 2 is 2.40 bits per heavy atom. The van der Waals surface area contributed by atoms with Crippen molar-refractivity contribution in [3.8, 4) is 12.3 Å². The van der Waals surface area contributed by atoms with E-state index in [1.165, 1.54) is 0 Å². The Balaban J connectivity index is 0.00000361.